The van der Waals surface area contributed by atoms with E-state index in [1.165, 1.54) is 0 Å². The Hall–Kier alpha value is -1.32. The summed E-state index contributed by atoms with van der Waals surface area (Å²) in [6, 6.07) is 14.9. The van der Waals surface area contributed by atoms with Gasteiger partial charge in [-0.15, -0.1) is 0 Å². The summed E-state index contributed by atoms with van der Waals surface area (Å²) in [5.41, 5.74) is 1.65. The van der Waals surface area contributed by atoms with Crippen molar-refractivity contribution in [3.05, 3.63) is 69.2 Å². The van der Waals surface area contributed by atoms with E-state index in [1.54, 1.807) is 18.2 Å². The Kier molecular flexibility index (Phi) is 4.39. The summed E-state index contributed by atoms with van der Waals surface area (Å²) < 4.78 is 0.719. The van der Waals surface area contributed by atoms with Gasteiger partial charge in [-0.25, -0.2) is 0 Å². The maximum atomic E-state index is 11.9. The first-order valence-corrected chi connectivity index (χ1v) is 6.61. The van der Waals surface area contributed by atoms with E-state index >= 15 is 0 Å². The SMILES string of the molecule is O=C(NCc1ccccc1)c1ccc(Cl)c(Br)c1. The van der Waals surface area contributed by atoms with Crippen LogP contribution in [0.2, 0.25) is 5.02 Å². The molecule has 0 saturated carbocycles. The standard InChI is InChI=1S/C14H11BrClNO/c15-12-8-11(6-7-13(12)16)14(18)17-9-10-4-2-1-3-5-10/h1-8H,9H2,(H,17,18). The van der Waals surface area contributed by atoms with E-state index in [-0.39, 0.29) is 5.91 Å². The Balaban J connectivity index is 2.02. The predicted octanol–water partition coefficient (Wildman–Crippen LogP) is 4.03. The predicted molar refractivity (Wildman–Crippen MR) is 76.8 cm³/mol. The van der Waals surface area contributed by atoms with E-state index in [0.29, 0.717) is 17.1 Å². The lowest BCUT2D eigenvalue weighted by atomic mass is 10.2. The molecule has 0 radical (unpaired) electrons. The van der Waals surface area contributed by atoms with Crippen molar-refractivity contribution in [2.45, 2.75) is 6.54 Å². The van der Waals surface area contributed by atoms with Gasteiger partial charge in [0, 0.05) is 16.6 Å². The molecule has 0 fully saturated rings. The van der Waals surface area contributed by atoms with Gasteiger partial charge in [0.2, 0.25) is 0 Å². The topological polar surface area (TPSA) is 29.1 Å². The molecule has 0 aliphatic heterocycles. The van der Waals surface area contributed by atoms with Crippen molar-refractivity contribution in [2.75, 3.05) is 0 Å². The molecule has 0 heterocycles. The molecule has 0 unspecified atom stereocenters. The highest BCUT2D eigenvalue weighted by Gasteiger charge is 2.07. The fraction of sp³-hybridized carbons (Fsp3) is 0.0714. The zero-order valence-corrected chi connectivity index (χ0v) is 11.8. The van der Waals surface area contributed by atoms with Gasteiger partial charge in [-0.3, -0.25) is 4.79 Å². The van der Waals surface area contributed by atoms with Crippen LogP contribution in [0.5, 0.6) is 0 Å². The lowest BCUT2D eigenvalue weighted by Gasteiger charge is -2.06. The van der Waals surface area contributed by atoms with Crippen LogP contribution in [0, 0.1) is 0 Å². The molecule has 4 heteroatoms. The van der Waals surface area contributed by atoms with Crippen LogP contribution in [0.25, 0.3) is 0 Å². The normalized spacial score (nSPS) is 10.1. The van der Waals surface area contributed by atoms with Crippen LogP contribution in [0.3, 0.4) is 0 Å². The van der Waals surface area contributed by atoms with Crippen LogP contribution in [0.15, 0.2) is 53.0 Å². The minimum absolute atomic E-state index is 0.115. The summed E-state index contributed by atoms with van der Waals surface area (Å²) in [6.45, 7) is 0.514. The van der Waals surface area contributed by atoms with Gasteiger partial charge in [0.15, 0.2) is 0 Å². The average molecular weight is 325 g/mol. The second kappa shape index (κ2) is 6.03. The number of carbonyl (C=O) groups is 1. The third-order valence-corrected chi connectivity index (χ3v) is 3.69. The van der Waals surface area contributed by atoms with Gasteiger partial charge in [0.25, 0.3) is 5.91 Å². The highest BCUT2D eigenvalue weighted by atomic mass is 79.9. The molecule has 0 spiro atoms. The van der Waals surface area contributed by atoms with E-state index in [0.717, 1.165) is 10.0 Å². The molecule has 18 heavy (non-hydrogen) atoms. The maximum absolute atomic E-state index is 11.9. The van der Waals surface area contributed by atoms with Crippen molar-refractivity contribution >= 4 is 33.4 Å². The zero-order chi connectivity index (χ0) is 13.0. The average Bonchev–Trinajstić information content (AvgIpc) is 2.40. The van der Waals surface area contributed by atoms with Crippen molar-refractivity contribution in [3.8, 4) is 0 Å². The number of hydrogen-bond acceptors (Lipinski definition) is 1. The van der Waals surface area contributed by atoms with Crippen LogP contribution in [0.1, 0.15) is 15.9 Å². The first-order chi connectivity index (χ1) is 8.66. The van der Waals surface area contributed by atoms with Crippen molar-refractivity contribution < 1.29 is 4.79 Å². The zero-order valence-electron chi connectivity index (χ0n) is 9.49. The molecule has 2 aromatic carbocycles. The fourth-order valence-corrected chi connectivity index (χ4v) is 2.01. The van der Waals surface area contributed by atoms with Gasteiger partial charge in [0.05, 0.1) is 5.02 Å². The second-order valence-corrected chi connectivity index (χ2v) is 5.06. The highest BCUT2D eigenvalue weighted by Crippen LogP contribution is 2.23. The minimum Gasteiger partial charge on any atom is -0.348 e. The molecule has 0 bridgehead atoms. The highest BCUT2D eigenvalue weighted by molar-refractivity contribution is 9.10. The van der Waals surface area contributed by atoms with E-state index < -0.39 is 0 Å². The number of nitrogens with one attached hydrogen (secondary N) is 1. The summed E-state index contributed by atoms with van der Waals surface area (Å²) in [4.78, 5) is 11.9. The molecular formula is C14H11BrClNO. The summed E-state index contributed by atoms with van der Waals surface area (Å²) in [5, 5.41) is 3.45. The van der Waals surface area contributed by atoms with Crippen LogP contribution >= 0.6 is 27.5 Å². The van der Waals surface area contributed by atoms with Gasteiger partial charge in [-0.05, 0) is 39.7 Å². The van der Waals surface area contributed by atoms with Crippen LogP contribution in [0.4, 0.5) is 0 Å². The van der Waals surface area contributed by atoms with Crippen LogP contribution in [-0.2, 0) is 6.54 Å². The smallest absolute Gasteiger partial charge is 0.251 e. The van der Waals surface area contributed by atoms with Crippen molar-refractivity contribution in [2.24, 2.45) is 0 Å². The van der Waals surface area contributed by atoms with Crippen LogP contribution < -0.4 is 5.32 Å². The molecular weight excluding hydrogens is 314 g/mol. The van der Waals surface area contributed by atoms with Gasteiger partial charge >= 0.3 is 0 Å². The van der Waals surface area contributed by atoms with E-state index in [4.69, 9.17) is 11.6 Å². The fourth-order valence-electron chi connectivity index (χ4n) is 1.52. The number of hydrogen-bond donors (Lipinski definition) is 1. The Labute approximate surface area is 119 Å². The summed E-state index contributed by atoms with van der Waals surface area (Å²) in [6.07, 6.45) is 0. The summed E-state index contributed by atoms with van der Waals surface area (Å²) in [7, 11) is 0. The molecule has 0 atom stereocenters. The third-order valence-electron chi connectivity index (χ3n) is 2.48. The number of amides is 1. The Bertz CT molecular complexity index is 557. The van der Waals surface area contributed by atoms with Gasteiger partial charge in [-0.1, -0.05) is 41.9 Å². The Morgan fingerprint density at radius 2 is 1.89 bits per heavy atom. The Morgan fingerprint density at radius 1 is 1.17 bits per heavy atom. The van der Waals surface area contributed by atoms with E-state index in [1.807, 2.05) is 30.3 Å². The molecule has 0 aliphatic carbocycles. The van der Waals surface area contributed by atoms with Crippen molar-refractivity contribution in [1.29, 1.82) is 0 Å². The molecule has 0 aliphatic rings. The molecule has 2 aromatic rings. The molecule has 2 rings (SSSR count). The molecule has 1 N–H and O–H groups in total. The summed E-state index contributed by atoms with van der Waals surface area (Å²) >= 11 is 9.18. The lowest BCUT2D eigenvalue weighted by molar-refractivity contribution is 0.0951. The maximum Gasteiger partial charge on any atom is 0.251 e. The van der Waals surface area contributed by atoms with Gasteiger partial charge < -0.3 is 5.32 Å². The summed E-state index contributed by atoms with van der Waals surface area (Å²) in [5.74, 6) is -0.115. The molecule has 2 nitrogen and oxygen atoms in total. The largest absolute Gasteiger partial charge is 0.348 e. The second-order valence-electron chi connectivity index (χ2n) is 3.80. The molecule has 92 valence electrons. The first-order valence-electron chi connectivity index (χ1n) is 5.44. The number of rotatable bonds is 3. The Morgan fingerprint density at radius 3 is 2.56 bits per heavy atom. The number of benzene rings is 2. The third kappa shape index (κ3) is 3.34. The monoisotopic (exact) mass is 323 g/mol. The molecule has 0 saturated heterocycles. The lowest BCUT2D eigenvalue weighted by Crippen LogP contribution is -2.22. The minimum atomic E-state index is -0.115. The van der Waals surface area contributed by atoms with Crippen molar-refractivity contribution in [3.63, 3.8) is 0 Å². The molecule has 0 aromatic heterocycles. The number of carbonyl (C=O) groups excluding carboxylic acids is 1. The van der Waals surface area contributed by atoms with Gasteiger partial charge in [0.1, 0.15) is 0 Å². The first kappa shape index (κ1) is 13.1. The van der Waals surface area contributed by atoms with E-state index in [2.05, 4.69) is 21.2 Å². The van der Waals surface area contributed by atoms with Crippen LogP contribution in [-0.4, -0.2) is 5.91 Å². The quantitative estimate of drug-likeness (QED) is 0.907. The number of halogens is 2. The van der Waals surface area contributed by atoms with Crippen molar-refractivity contribution in [1.82, 2.24) is 5.32 Å². The van der Waals surface area contributed by atoms with Gasteiger partial charge in [-0.2, -0.15) is 0 Å². The molecule has 1 amide bonds. The van der Waals surface area contributed by atoms with E-state index in [9.17, 15) is 4.79 Å².